The van der Waals surface area contributed by atoms with Crippen LogP contribution in [0.25, 0.3) is 0 Å². The predicted octanol–water partition coefficient (Wildman–Crippen LogP) is 6.06. The summed E-state index contributed by atoms with van der Waals surface area (Å²) in [4.78, 5) is 12.9. The first-order chi connectivity index (χ1) is 19.6. The van der Waals surface area contributed by atoms with E-state index in [-0.39, 0.29) is 11.3 Å². The van der Waals surface area contributed by atoms with Crippen molar-refractivity contribution in [3.8, 4) is 5.75 Å². The zero-order valence-corrected chi connectivity index (χ0v) is 24.5. The lowest BCUT2D eigenvalue weighted by atomic mass is 10.0. The van der Waals surface area contributed by atoms with Gasteiger partial charge >= 0.3 is 0 Å². The maximum absolute atomic E-state index is 13.0. The molecular formula is C33H35N3O4S. The molecule has 0 aliphatic heterocycles. The third kappa shape index (κ3) is 8.36. The van der Waals surface area contributed by atoms with E-state index in [1.807, 2.05) is 37.3 Å². The predicted molar refractivity (Wildman–Crippen MR) is 162 cm³/mol. The number of nitrogens with one attached hydrogen (secondary N) is 2. The Labute approximate surface area is 242 Å². The average Bonchev–Trinajstić information content (AvgIpc) is 2.93. The molecule has 1 amide bonds. The number of aryl methyl sites for hydroxylation is 4. The quantitative estimate of drug-likeness (QED) is 0.170. The molecule has 8 heteroatoms. The first kappa shape index (κ1) is 29.7. The molecule has 0 unspecified atom stereocenters. The molecule has 0 fully saturated rings. The molecular weight excluding hydrogens is 534 g/mol. The summed E-state index contributed by atoms with van der Waals surface area (Å²) in [7, 11) is -3.85. The number of rotatable bonds is 11. The zero-order chi connectivity index (χ0) is 29.4. The van der Waals surface area contributed by atoms with Crippen molar-refractivity contribution in [2.75, 3.05) is 0 Å². The monoisotopic (exact) mass is 569 g/mol. The highest BCUT2D eigenvalue weighted by atomic mass is 32.2. The molecule has 4 rings (SSSR count). The number of carbonyl (C=O) groups excluding carboxylic acids is 1. The summed E-state index contributed by atoms with van der Waals surface area (Å²) in [5, 5.41) is 4.06. The lowest BCUT2D eigenvalue weighted by Gasteiger charge is -2.18. The van der Waals surface area contributed by atoms with Gasteiger partial charge in [0.1, 0.15) is 12.4 Å². The maximum Gasteiger partial charge on any atom is 0.242 e. The van der Waals surface area contributed by atoms with Crippen LogP contribution in [0.15, 0.2) is 101 Å². The van der Waals surface area contributed by atoms with E-state index in [9.17, 15) is 13.2 Å². The minimum Gasteiger partial charge on any atom is -0.489 e. The van der Waals surface area contributed by atoms with Crippen molar-refractivity contribution in [2.24, 2.45) is 5.10 Å². The van der Waals surface area contributed by atoms with E-state index in [4.69, 9.17) is 4.74 Å². The lowest BCUT2D eigenvalue weighted by molar-refractivity contribution is -0.121. The average molecular weight is 570 g/mol. The zero-order valence-electron chi connectivity index (χ0n) is 23.7. The van der Waals surface area contributed by atoms with Gasteiger partial charge in [-0.1, -0.05) is 65.7 Å². The van der Waals surface area contributed by atoms with Crippen LogP contribution in [0.5, 0.6) is 5.75 Å². The highest BCUT2D eigenvalue weighted by Gasteiger charge is 2.23. The number of benzene rings is 4. The van der Waals surface area contributed by atoms with Gasteiger partial charge in [-0.3, -0.25) is 4.79 Å². The molecule has 0 aliphatic carbocycles. The second-order valence-electron chi connectivity index (χ2n) is 10.1. The van der Waals surface area contributed by atoms with E-state index in [0.29, 0.717) is 12.2 Å². The SMILES string of the molecule is Cc1ccc(S(=O)(=O)N[C@@H](CC(=O)N/N=C\c2ccc(OCc3c(C)cc(C)cc3C)cc2)c2ccccc2)cc1. The number of sulfonamides is 1. The van der Waals surface area contributed by atoms with E-state index in [0.717, 1.165) is 16.9 Å². The Hall–Kier alpha value is -4.27. The molecule has 0 saturated carbocycles. The summed E-state index contributed by atoms with van der Waals surface area (Å²) in [5.41, 5.74) is 9.74. The van der Waals surface area contributed by atoms with Crippen LogP contribution in [0.1, 0.15) is 51.4 Å². The van der Waals surface area contributed by atoms with Crippen molar-refractivity contribution in [1.82, 2.24) is 10.1 Å². The van der Waals surface area contributed by atoms with Gasteiger partial charge in [-0.2, -0.15) is 5.10 Å². The van der Waals surface area contributed by atoms with Crippen molar-refractivity contribution in [3.63, 3.8) is 0 Å². The fourth-order valence-corrected chi connectivity index (χ4v) is 5.76. The Kier molecular flexibility index (Phi) is 9.70. The van der Waals surface area contributed by atoms with Gasteiger partial charge in [0.15, 0.2) is 0 Å². The Balaban J connectivity index is 1.35. The molecule has 0 aliphatic rings. The fraction of sp³-hybridized carbons (Fsp3) is 0.212. The largest absolute Gasteiger partial charge is 0.489 e. The first-order valence-electron chi connectivity index (χ1n) is 13.4. The molecule has 0 heterocycles. The molecule has 7 nitrogen and oxygen atoms in total. The second kappa shape index (κ2) is 13.4. The smallest absolute Gasteiger partial charge is 0.242 e. The molecule has 0 bridgehead atoms. The molecule has 212 valence electrons. The normalized spacial score (nSPS) is 12.3. The molecule has 0 spiro atoms. The summed E-state index contributed by atoms with van der Waals surface area (Å²) in [5.74, 6) is 0.308. The summed E-state index contributed by atoms with van der Waals surface area (Å²) >= 11 is 0. The van der Waals surface area contributed by atoms with E-state index >= 15 is 0 Å². The van der Waals surface area contributed by atoms with Crippen molar-refractivity contribution < 1.29 is 17.9 Å². The van der Waals surface area contributed by atoms with Crippen LogP contribution in [0.3, 0.4) is 0 Å². The summed E-state index contributed by atoms with van der Waals surface area (Å²) in [6.07, 6.45) is 1.40. The minimum atomic E-state index is -3.85. The molecule has 0 aromatic heterocycles. The van der Waals surface area contributed by atoms with E-state index < -0.39 is 22.0 Å². The number of hydrazone groups is 1. The Morgan fingerprint density at radius 3 is 2.12 bits per heavy atom. The number of hydrogen-bond acceptors (Lipinski definition) is 5. The lowest BCUT2D eigenvalue weighted by Crippen LogP contribution is -2.32. The molecule has 1 atom stereocenters. The number of hydrogen-bond donors (Lipinski definition) is 2. The van der Waals surface area contributed by atoms with Crippen LogP contribution in [0.4, 0.5) is 0 Å². The van der Waals surface area contributed by atoms with E-state index in [1.165, 1.54) is 28.5 Å². The molecule has 0 saturated heterocycles. The summed E-state index contributed by atoms with van der Waals surface area (Å²) in [6.45, 7) is 8.64. The van der Waals surface area contributed by atoms with Gasteiger partial charge in [-0.25, -0.2) is 18.6 Å². The molecule has 2 N–H and O–H groups in total. The summed E-state index contributed by atoms with van der Waals surface area (Å²) in [6, 6.07) is 26.5. The van der Waals surface area contributed by atoms with Crippen molar-refractivity contribution in [2.45, 2.75) is 51.7 Å². The number of nitrogens with zero attached hydrogens (tertiary/aromatic N) is 1. The highest BCUT2D eigenvalue weighted by Crippen LogP contribution is 2.22. The number of ether oxygens (including phenoxy) is 1. The number of carbonyl (C=O) groups is 1. The third-order valence-corrected chi connectivity index (χ3v) is 8.21. The topological polar surface area (TPSA) is 96.9 Å². The van der Waals surface area contributed by atoms with Crippen molar-refractivity contribution >= 4 is 22.1 Å². The Morgan fingerprint density at radius 1 is 0.854 bits per heavy atom. The fourth-order valence-electron chi connectivity index (χ4n) is 4.54. The van der Waals surface area contributed by atoms with Crippen LogP contribution in [0.2, 0.25) is 0 Å². The van der Waals surface area contributed by atoms with Gasteiger partial charge in [0.05, 0.1) is 17.2 Å². The Bertz CT molecular complexity index is 1590. The van der Waals surface area contributed by atoms with Gasteiger partial charge < -0.3 is 4.74 Å². The van der Waals surface area contributed by atoms with Crippen LogP contribution in [0, 0.1) is 27.7 Å². The highest BCUT2D eigenvalue weighted by molar-refractivity contribution is 7.89. The molecule has 4 aromatic carbocycles. The first-order valence-corrected chi connectivity index (χ1v) is 14.8. The van der Waals surface area contributed by atoms with E-state index in [2.05, 4.69) is 48.2 Å². The van der Waals surface area contributed by atoms with Crippen molar-refractivity contribution in [1.29, 1.82) is 0 Å². The minimum absolute atomic E-state index is 0.128. The van der Waals surface area contributed by atoms with Crippen LogP contribution >= 0.6 is 0 Å². The van der Waals surface area contributed by atoms with Gasteiger partial charge in [0, 0.05) is 6.42 Å². The Morgan fingerprint density at radius 2 is 1.49 bits per heavy atom. The van der Waals surface area contributed by atoms with Crippen molar-refractivity contribution in [3.05, 3.63) is 130 Å². The molecule has 0 radical (unpaired) electrons. The van der Waals surface area contributed by atoms with Crippen LogP contribution in [-0.4, -0.2) is 20.5 Å². The van der Waals surface area contributed by atoms with E-state index in [1.54, 1.807) is 48.5 Å². The maximum atomic E-state index is 13.0. The van der Waals surface area contributed by atoms with Gasteiger partial charge in [0.25, 0.3) is 0 Å². The number of amides is 1. The summed E-state index contributed by atoms with van der Waals surface area (Å²) < 4.78 is 34.7. The third-order valence-electron chi connectivity index (χ3n) is 6.73. The van der Waals surface area contributed by atoms with Gasteiger partial charge in [0.2, 0.25) is 15.9 Å². The second-order valence-corrected chi connectivity index (χ2v) is 11.8. The van der Waals surface area contributed by atoms with Crippen LogP contribution < -0.4 is 14.9 Å². The molecule has 4 aromatic rings. The standard InChI is InChI=1S/C33H35N3O4S/c1-23-10-16-30(17-11-23)41(38,39)36-32(28-8-6-5-7-9-28)20-33(37)35-34-21-27-12-14-29(15-13-27)40-22-31-25(3)18-24(2)19-26(31)4/h5-19,21,32,36H,20,22H2,1-4H3,(H,35,37)/b34-21-/t32-/m0/s1. The molecule has 41 heavy (non-hydrogen) atoms. The van der Waals surface area contributed by atoms with Crippen LogP contribution in [-0.2, 0) is 21.4 Å². The van der Waals surface area contributed by atoms with Gasteiger partial charge in [-0.15, -0.1) is 0 Å². The van der Waals surface area contributed by atoms with Gasteiger partial charge in [-0.05, 0) is 91.9 Å².